The Bertz CT molecular complexity index is 2250. The number of benzene rings is 2. The number of ether oxygens (including phenoxy) is 2. The second-order valence-corrected chi connectivity index (χ2v) is 17.3. The van der Waals surface area contributed by atoms with Gasteiger partial charge in [-0.3, -0.25) is 29.2 Å². The monoisotopic (exact) mass is 824 g/mol. The van der Waals surface area contributed by atoms with Crippen LogP contribution in [0.1, 0.15) is 84.2 Å². The first-order chi connectivity index (χ1) is 28.4. The topological polar surface area (TPSA) is 176 Å². The maximum Gasteiger partial charge on any atom is 0.324 e. The average Bonchev–Trinajstić information content (AvgIpc) is 3.52. The highest BCUT2D eigenvalue weighted by molar-refractivity contribution is 5.96. The molecule has 4 heterocycles. The van der Waals surface area contributed by atoms with E-state index in [1.807, 2.05) is 25.1 Å². The number of nitrogens with one attached hydrogen (secondary N) is 2. The van der Waals surface area contributed by atoms with Gasteiger partial charge in [-0.25, -0.2) is 5.43 Å². The van der Waals surface area contributed by atoms with E-state index in [0.29, 0.717) is 36.9 Å². The van der Waals surface area contributed by atoms with Gasteiger partial charge in [0.25, 0.3) is 11.8 Å². The first-order valence-electron chi connectivity index (χ1n) is 20.9. The number of likely N-dealkylation sites (N-methyl/N-ethyl adjacent to an activating group) is 1. The highest BCUT2D eigenvalue weighted by Gasteiger charge is 2.38. The van der Waals surface area contributed by atoms with Crippen LogP contribution in [0.4, 0.5) is 0 Å². The highest BCUT2D eigenvalue weighted by atomic mass is 16.5. The number of aryl methyl sites for hydroxylation is 1. The lowest BCUT2D eigenvalue weighted by atomic mass is 9.84. The van der Waals surface area contributed by atoms with Gasteiger partial charge in [-0.2, -0.15) is 0 Å². The smallest absolute Gasteiger partial charge is 0.324 e. The molecule has 60 heavy (non-hydrogen) atoms. The van der Waals surface area contributed by atoms with Gasteiger partial charge in [-0.1, -0.05) is 39.8 Å². The van der Waals surface area contributed by atoms with Crippen molar-refractivity contribution in [2.75, 3.05) is 27.3 Å². The van der Waals surface area contributed by atoms with Crippen molar-refractivity contribution in [2.45, 2.75) is 111 Å². The van der Waals surface area contributed by atoms with E-state index >= 15 is 0 Å². The standard InChI is InChI=1S/C46H60N6O8/c1-10-51-38-16-15-30-23-34(38)35(41(51)33-13-11-17-47-39(33)28(5)59-9)24-46(6,7)25-60-45(58)36-14-12-18-52(49-36)44(57)37(21-29-19-31(30)22-32(54)20-29)48-42(55)40(26(2)3)50(8)43(56)27(4)53/h11,13,15-17,19-20,22-23,26-28,36-37,40,49,53-54H,10,12,14,18,21,24-25H2,1-9H3,(H,48,55)/t27?,28-,36-,37-,40?/m0/s1. The van der Waals surface area contributed by atoms with Gasteiger partial charge in [0, 0.05) is 61.7 Å². The van der Waals surface area contributed by atoms with E-state index in [2.05, 4.69) is 54.3 Å². The molecule has 0 saturated carbocycles. The number of carbonyl (C=O) groups is 4. The first kappa shape index (κ1) is 44.2. The van der Waals surface area contributed by atoms with Crippen molar-refractivity contribution in [1.82, 2.24) is 30.2 Å². The third kappa shape index (κ3) is 9.20. The van der Waals surface area contributed by atoms with E-state index in [4.69, 9.17) is 14.5 Å². The number of pyridine rings is 1. The third-order valence-electron chi connectivity index (χ3n) is 11.7. The Morgan fingerprint density at radius 3 is 2.53 bits per heavy atom. The molecule has 2 unspecified atom stereocenters. The van der Waals surface area contributed by atoms with E-state index in [9.17, 15) is 29.4 Å². The summed E-state index contributed by atoms with van der Waals surface area (Å²) >= 11 is 0. The summed E-state index contributed by atoms with van der Waals surface area (Å²) in [6, 6.07) is 12.4. The van der Waals surface area contributed by atoms with Crippen molar-refractivity contribution in [3.05, 3.63) is 71.5 Å². The molecule has 2 aliphatic heterocycles. The molecule has 2 aromatic carbocycles. The number of carbonyl (C=O) groups excluding carboxylic acids is 4. The van der Waals surface area contributed by atoms with Crippen molar-refractivity contribution in [2.24, 2.45) is 11.3 Å². The lowest BCUT2D eigenvalue weighted by Gasteiger charge is -2.37. The second kappa shape index (κ2) is 18.1. The number of hydrazine groups is 1. The molecule has 2 aliphatic rings. The molecule has 0 radical (unpaired) electrons. The molecular weight excluding hydrogens is 765 g/mol. The molecule has 4 N–H and O–H groups in total. The zero-order valence-electron chi connectivity index (χ0n) is 36.2. The van der Waals surface area contributed by atoms with Crippen LogP contribution in [-0.4, -0.2) is 105 Å². The Balaban J connectivity index is 1.52. The van der Waals surface area contributed by atoms with Gasteiger partial charge in [0.15, 0.2) is 0 Å². The van der Waals surface area contributed by atoms with Gasteiger partial charge in [0.1, 0.15) is 30.0 Å². The van der Waals surface area contributed by atoms with Crippen LogP contribution in [0.15, 0.2) is 54.7 Å². The Morgan fingerprint density at radius 2 is 1.85 bits per heavy atom. The number of phenols is 1. The number of nitrogens with zero attached hydrogens (tertiary/aromatic N) is 4. The molecule has 2 aromatic heterocycles. The fourth-order valence-electron chi connectivity index (χ4n) is 8.68. The fourth-order valence-corrected chi connectivity index (χ4v) is 8.68. The molecular formula is C46H60N6O8. The summed E-state index contributed by atoms with van der Waals surface area (Å²) in [6.45, 7) is 14.2. The van der Waals surface area contributed by atoms with Crippen LogP contribution in [0, 0.1) is 11.3 Å². The maximum atomic E-state index is 14.5. The average molecular weight is 825 g/mol. The van der Waals surface area contributed by atoms with Crippen molar-refractivity contribution in [3.63, 3.8) is 0 Å². The first-order valence-corrected chi connectivity index (χ1v) is 20.9. The van der Waals surface area contributed by atoms with E-state index < -0.39 is 53.3 Å². The number of hydrogen-bond acceptors (Lipinski definition) is 10. The van der Waals surface area contributed by atoms with Crippen LogP contribution in [0.3, 0.4) is 0 Å². The largest absolute Gasteiger partial charge is 0.508 e. The van der Waals surface area contributed by atoms with Crippen molar-refractivity contribution < 1.29 is 38.9 Å². The van der Waals surface area contributed by atoms with Gasteiger partial charge < -0.3 is 34.5 Å². The van der Waals surface area contributed by atoms with Crippen LogP contribution < -0.4 is 10.7 Å². The molecule has 322 valence electrons. The zero-order valence-corrected chi connectivity index (χ0v) is 36.2. The lowest BCUT2D eigenvalue weighted by molar-refractivity contribution is -0.155. The summed E-state index contributed by atoms with van der Waals surface area (Å²) in [5.41, 5.74) is 9.48. The quantitative estimate of drug-likeness (QED) is 0.162. The molecule has 6 rings (SSSR count). The number of hydrogen-bond donors (Lipinski definition) is 4. The van der Waals surface area contributed by atoms with Gasteiger partial charge in [-0.15, -0.1) is 0 Å². The van der Waals surface area contributed by atoms with Crippen LogP contribution in [0.5, 0.6) is 5.75 Å². The summed E-state index contributed by atoms with van der Waals surface area (Å²) in [7, 11) is 3.12. The number of esters is 1. The number of fused-ring (bicyclic) bond motifs is 6. The number of amides is 3. The number of aliphatic hydroxyl groups excluding tert-OH is 1. The summed E-state index contributed by atoms with van der Waals surface area (Å²) in [4.78, 5) is 61.2. The Hall–Kier alpha value is -5.31. The minimum Gasteiger partial charge on any atom is -0.508 e. The predicted molar refractivity (Wildman–Crippen MR) is 228 cm³/mol. The summed E-state index contributed by atoms with van der Waals surface area (Å²) in [5.74, 6) is -2.57. The minimum atomic E-state index is -1.33. The zero-order chi connectivity index (χ0) is 43.6. The Labute approximate surface area is 352 Å². The second-order valence-electron chi connectivity index (χ2n) is 17.3. The summed E-state index contributed by atoms with van der Waals surface area (Å²) in [5, 5.41) is 26.5. The number of cyclic esters (lactones) is 1. The molecule has 1 saturated heterocycles. The summed E-state index contributed by atoms with van der Waals surface area (Å²) in [6.07, 6.45) is 1.64. The SMILES string of the molecule is CCn1c(-c2cccnc2[C@H](C)OC)c2c3cc(ccc31)-c1cc(O)cc(c1)C[C@H](NC(=O)C(C(C)C)N(C)C(=O)C(C)O)C(=O)N1CCC[C@H](N1)C(=O)OCC(C)(C)C2. The number of methoxy groups -OCH3 is 1. The van der Waals surface area contributed by atoms with Crippen molar-refractivity contribution in [3.8, 4) is 28.1 Å². The highest BCUT2D eigenvalue weighted by Crippen LogP contribution is 2.42. The minimum absolute atomic E-state index is 0.0162. The molecule has 4 aromatic rings. The Morgan fingerprint density at radius 1 is 1.10 bits per heavy atom. The molecule has 14 nitrogen and oxygen atoms in total. The van der Waals surface area contributed by atoms with Gasteiger partial charge in [-0.05, 0) is 105 Å². The molecule has 3 amide bonds. The number of aliphatic hydroxyl groups is 1. The maximum absolute atomic E-state index is 14.5. The van der Waals surface area contributed by atoms with Crippen molar-refractivity contribution in [1.29, 1.82) is 0 Å². The van der Waals surface area contributed by atoms with Crippen LogP contribution in [-0.2, 0) is 48.0 Å². The fraction of sp³-hybridized carbons (Fsp3) is 0.500. The van der Waals surface area contributed by atoms with E-state index in [0.717, 1.165) is 39.0 Å². The molecule has 0 spiro atoms. The van der Waals surface area contributed by atoms with E-state index in [1.165, 1.54) is 23.9 Å². The molecule has 14 heteroatoms. The van der Waals surface area contributed by atoms with Crippen LogP contribution in [0.25, 0.3) is 33.3 Å². The van der Waals surface area contributed by atoms with E-state index in [-0.39, 0.29) is 37.3 Å². The van der Waals surface area contributed by atoms with Gasteiger partial charge in [0.2, 0.25) is 5.91 Å². The van der Waals surface area contributed by atoms with Crippen molar-refractivity contribution >= 4 is 34.6 Å². The molecule has 6 bridgehead atoms. The van der Waals surface area contributed by atoms with Crippen LogP contribution >= 0.6 is 0 Å². The van der Waals surface area contributed by atoms with Crippen LogP contribution in [0.2, 0.25) is 0 Å². The number of rotatable bonds is 9. The third-order valence-corrected chi connectivity index (χ3v) is 11.7. The number of aromatic hydroxyl groups is 1. The molecule has 0 aliphatic carbocycles. The molecule has 1 fully saturated rings. The van der Waals surface area contributed by atoms with E-state index in [1.54, 1.807) is 39.3 Å². The number of aromatic nitrogens is 2. The van der Waals surface area contributed by atoms with Gasteiger partial charge in [0.05, 0.1) is 24.1 Å². The normalized spacial score (nSPS) is 19.9. The predicted octanol–water partition coefficient (Wildman–Crippen LogP) is 5.32. The lowest BCUT2D eigenvalue weighted by Crippen LogP contribution is -2.62. The Kier molecular flexibility index (Phi) is 13.4. The summed E-state index contributed by atoms with van der Waals surface area (Å²) < 4.78 is 14.1. The number of phenolic OH excluding ortho intramolecular Hbond substituents is 1. The van der Waals surface area contributed by atoms with Gasteiger partial charge >= 0.3 is 5.97 Å². The molecule has 5 atom stereocenters.